The number of hydrogen-bond donors (Lipinski definition) is 3. The zero-order valence-electron chi connectivity index (χ0n) is 7.22. The molecule has 0 saturated carbocycles. The highest BCUT2D eigenvalue weighted by Gasteiger charge is 2.11. The fourth-order valence-corrected chi connectivity index (χ4v) is 0.902. The minimum absolute atomic E-state index is 0.201. The van der Waals surface area contributed by atoms with E-state index in [2.05, 4.69) is 33.3 Å². The number of carboxylic acids is 1. The van der Waals surface area contributed by atoms with Crippen molar-refractivity contribution < 1.29 is 9.90 Å². The van der Waals surface area contributed by atoms with Crippen LogP contribution in [0, 0.1) is 13.8 Å². The normalized spacial score (nSPS) is 8.62. The fraction of sp³-hybridized carbons (Fsp3) is 0.286. The molecule has 0 atom stereocenters. The van der Waals surface area contributed by atoms with Crippen molar-refractivity contribution in [3.8, 4) is 0 Å². The quantitative estimate of drug-likeness (QED) is 0.494. The molecule has 0 saturated heterocycles. The van der Waals surface area contributed by atoms with Gasteiger partial charge in [0.05, 0.1) is 11.4 Å². The topological polar surface area (TPSA) is 63.1 Å². The number of aryl methyl sites for hydroxylation is 2. The van der Waals surface area contributed by atoms with Gasteiger partial charge in [0.2, 0.25) is 0 Å². The summed E-state index contributed by atoms with van der Waals surface area (Å²) in [6.45, 7) is 3.30. The van der Waals surface area contributed by atoms with E-state index in [4.69, 9.17) is 5.11 Å². The van der Waals surface area contributed by atoms with Crippen molar-refractivity contribution in [2.45, 2.75) is 13.8 Å². The lowest BCUT2D eigenvalue weighted by Crippen LogP contribution is -2.06. The first-order valence-electron chi connectivity index (χ1n) is 3.34. The molecule has 0 spiro atoms. The molecule has 0 aromatic carbocycles. The van der Waals surface area contributed by atoms with Gasteiger partial charge in [0.15, 0.2) is 0 Å². The van der Waals surface area contributed by atoms with E-state index in [9.17, 15) is 4.79 Å². The molecule has 4 nitrogen and oxygen atoms in total. The summed E-state index contributed by atoms with van der Waals surface area (Å²) in [6, 6.07) is 0. The van der Waals surface area contributed by atoms with Gasteiger partial charge in [0.25, 0.3) is 0 Å². The van der Waals surface area contributed by atoms with Crippen LogP contribution in [0.25, 0.3) is 0 Å². The molecule has 72 valence electrons. The van der Waals surface area contributed by atoms with Gasteiger partial charge >= 0.3 is 5.97 Å². The Bertz CT molecular complexity index is 284. The van der Waals surface area contributed by atoms with Crippen LogP contribution in [0.5, 0.6) is 0 Å². The Kier molecular flexibility index (Phi) is 5.48. The van der Waals surface area contributed by atoms with Crippen molar-refractivity contribution in [1.29, 1.82) is 0 Å². The number of hydrogen-bond acceptors (Lipinski definition) is 5. The SMILES string of the molecule is Cc1ncnc(C)c1C(=O)O.SS. The number of carbonyl (C=O) groups is 1. The zero-order valence-corrected chi connectivity index (χ0v) is 9.01. The van der Waals surface area contributed by atoms with Gasteiger partial charge in [-0.15, -0.1) is 23.3 Å². The highest BCUT2D eigenvalue weighted by atomic mass is 33.1. The van der Waals surface area contributed by atoms with E-state index in [1.165, 1.54) is 6.33 Å². The monoisotopic (exact) mass is 218 g/mol. The van der Waals surface area contributed by atoms with Crippen LogP contribution in [-0.2, 0) is 0 Å². The average Bonchev–Trinajstić information content (AvgIpc) is 2.07. The summed E-state index contributed by atoms with van der Waals surface area (Å²) in [4.78, 5) is 18.1. The molecule has 0 fully saturated rings. The Morgan fingerprint density at radius 1 is 1.31 bits per heavy atom. The van der Waals surface area contributed by atoms with Crippen LogP contribution in [0.4, 0.5) is 0 Å². The van der Waals surface area contributed by atoms with Crippen molar-refractivity contribution in [3.05, 3.63) is 23.3 Å². The third-order valence-corrected chi connectivity index (χ3v) is 1.44. The molecule has 1 aromatic heterocycles. The first-order valence-corrected chi connectivity index (χ1v) is 4.94. The maximum Gasteiger partial charge on any atom is 0.339 e. The third kappa shape index (κ3) is 3.23. The Hall–Kier alpha value is -0.750. The van der Waals surface area contributed by atoms with Crippen molar-refractivity contribution in [2.24, 2.45) is 0 Å². The lowest BCUT2D eigenvalue weighted by molar-refractivity contribution is 0.0694. The van der Waals surface area contributed by atoms with Crippen LogP contribution in [-0.4, -0.2) is 21.0 Å². The molecule has 1 rings (SSSR count). The second kappa shape index (κ2) is 5.82. The van der Waals surface area contributed by atoms with E-state index < -0.39 is 5.97 Å². The fourth-order valence-electron chi connectivity index (χ4n) is 0.902. The van der Waals surface area contributed by atoms with Gasteiger partial charge in [-0.05, 0) is 13.8 Å². The smallest absolute Gasteiger partial charge is 0.339 e. The lowest BCUT2D eigenvalue weighted by atomic mass is 10.2. The summed E-state index contributed by atoms with van der Waals surface area (Å²) < 4.78 is 0. The maximum absolute atomic E-state index is 10.6. The zero-order chi connectivity index (χ0) is 10.4. The highest BCUT2D eigenvalue weighted by molar-refractivity contribution is 8.59. The van der Waals surface area contributed by atoms with Crippen LogP contribution >= 0.6 is 23.3 Å². The summed E-state index contributed by atoms with van der Waals surface area (Å²) in [5.41, 5.74) is 1.21. The van der Waals surface area contributed by atoms with Gasteiger partial charge in [-0.3, -0.25) is 0 Å². The standard InChI is InChI=1S/C7H8N2O2.H2S2/c1-4-6(7(10)11)5(2)9-3-8-4;1-2/h3H,1-2H3,(H,10,11);1-2H. The molecule has 0 amide bonds. The predicted octanol–water partition coefficient (Wildman–Crippen LogP) is 1.55. The number of rotatable bonds is 1. The number of aromatic nitrogens is 2. The van der Waals surface area contributed by atoms with Crippen LogP contribution in [0.1, 0.15) is 21.7 Å². The molecule has 13 heavy (non-hydrogen) atoms. The Balaban J connectivity index is 0.000000671. The van der Waals surface area contributed by atoms with Gasteiger partial charge in [-0.25, -0.2) is 14.8 Å². The van der Waals surface area contributed by atoms with E-state index in [-0.39, 0.29) is 5.56 Å². The van der Waals surface area contributed by atoms with E-state index in [1.807, 2.05) is 0 Å². The molecule has 1 aromatic rings. The van der Waals surface area contributed by atoms with Crippen molar-refractivity contribution in [3.63, 3.8) is 0 Å². The predicted molar refractivity (Wildman–Crippen MR) is 56.4 cm³/mol. The molecule has 0 aliphatic rings. The molecule has 0 bridgehead atoms. The maximum atomic E-state index is 10.6. The highest BCUT2D eigenvalue weighted by Crippen LogP contribution is 2.06. The van der Waals surface area contributed by atoms with E-state index in [0.717, 1.165) is 0 Å². The number of thiol groups is 2. The largest absolute Gasteiger partial charge is 0.478 e. The molecular formula is C7H10N2O2S2. The van der Waals surface area contributed by atoms with Gasteiger partial charge in [0.1, 0.15) is 11.9 Å². The molecule has 0 aliphatic heterocycles. The van der Waals surface area contributed by atoms with Crippen LogP contribution in [0.15, 0.2) is 6.33 Å². The van der Waals surface area contributed by atoms with Crippen molar-refractivity contribution >= 4 is 29.3 Å². The summed E-state index contributed by atoms with van der Waals surface area (Å²) in [7, 11) is 0. The second-order valence-corrected chi connectivity index (χ2v) is 2.22. The number of nitrogens with zero attached hydrogens (tertiary/aromatic N) is 2. The van der Waals surface area contributed by atoms with E-state index in [1.54, 1.807) is 13.8 Å². The van der Waals surface area contributed by atoms with Gasteiger partial charge in [0, 0.05) is 0 Å². The average molecular weight is 218 g/mol. The minimum atomic E-state index is -0.972. The lowest BCUT2D eigenvalue weighted by Gasteiger charge is -2.00. The molecule has 6 heteroatoms. The van der Waals surface area contributed by atoms with E-state index in [0.29, 0.717) is 11.4 Å². The summed E-state index contributed by atoms with van der Waals surface area (Å²) >= 11 is 6.44. The summed E-state index contributed by atoms with van der Waals surface area (Å²) in [6.07, 6.45) is 1.36. The van der Waals surface area contributed by atoms with Crippen molar-refractivity contribution in [1.82, 2.24) is 9.97 Å². The first kappa shape index (κ1) is 12.2. The molecule has 0 radical (unpaired) electrons. The van der Waals surface area contributed by atoms with Crippen LogP contribution < -0.4 is 0 Å². The Morgan fingerprint density at radius 3 is 1.92 bits per heavy atom. The number of aromatic carboxylic acids is 1. The Labute approximate surface area is 86.6 Å². The molecule has 0 aliphatic carbocycles. The molecule has 1 heterocycles. The third-order valence-electron chi connectivity index (χ3n) is 1.44. The second-order valence-electron chi connectivity index (χ2n) is 2.22. The summed E-state index contributed by atoms with van der Waals surface area (Å²) in [5.74, 6) is -0.972. The summed E-state index contributed by atoms with van der Waals surface area (Å²) in [5, 5.41) is 8.67. The first-order chi connectivity index (χ1) is 6.13. The van der Waals surface area contributed by atoms with Crippen LogP contribution in [0.2, 0.25) is 0 Å². The Morgan fingerprint density at radius 2 is 1.69 bits per heavy atom. The van der Waals surface area contributed by atoms with Crippen molar-refractivity contribution in [2.75, 3.05) is 0 Å². The molecule has 0 unspecified atom stereocenters. The minimum Gasteiger partial charge on any atom is -0.478 e. The number of carboxylic acid groups (broad SMARTS) is 1. The molecular weight excluding hydrogens is 208 g/mol. The van der Waals surface area contributed by atoms with Gasteiger partial charge in [-0.2, -0.15) is 0 Å². The molecule has 1 N–H and O–H groups in total. The van der Waals surface area contributed by atoms with Crippen LogP contribution in [0.3, 0.4) is 0 Å². The van der Waals surface area contributed by atoms with E-state index >= 15 is 0 Å². The van der Waals surface area contributed by atoms with Gasteiger partial charge < -0.3 is 5.11 Å². The van der Waals surface area contributed by atoms with Gasteiger partial charge in [-0.1, -0.05) is 0 Å².